The molecule has 0 radical (unpaired) electrons. The van der Waals surface area contributed by atoms with Crippen molar-refractivity contribution in [2.45, 2.75) is 25.9 Å². The predicted molar refractivity (Wildman–Crippen MR) is 105 cm³/mol. The number of benzene rings is 2. The van der Waals surface area contributed by atoms with Crippen molar-refractivity contribution in [3.05, 3.63) is 60.2 Å². The number of carbonyl (C=O) groups excluding carboxylic acids is 1. The number of amides is 1. The van der Waals surface area contributed by atoms with Crippen LogP contribution in [-0.2, 0) is 17.9 Å². The van der Waals surface area contributed by atoms with Crippen molar-refractivity contribution in [2.75, 3.05) is 19.6 Å². The third-order valence-electron chi connectivity index (χ3n) is 5.05. The maximum absolute atomic E-state index is 12.3. The molecule has 0 aliphatic carbocycles. The fourth-order valence-electron chi connectivity index (χ4n) is 3.72. The number of aromatic nitrogens is 3. The molecule has 1 N–H and O–H groups in total. The van der Waals surface area contributed by atoms with Gasteiger partial charge in [-0.05, 0) is 43.0 Å². The molecule has 27 heavy (non-hydrogen) atoms. The third-order valence-corrected chi connectivity index (χ3v) is 5.05. The SMILES string of the molecule is O=C(Cn1nc2ccccc2n1)NC[C@@H]1CCCN(Cc2ccccc2)C1. The molecular formula is C21H25N5O. The molecule has 6 nitrogen and oxygen atoms in total. The number of nitrogens with one attached hydrogen (secondary N) is 1. The highest BCUT2D eigenvalue weighted by Gasteiger charge is 2.20. The van der Waals surface area contributed by atoms with Crippen molar-refractivity contribution >= 4 is 16.9 Å². The van der Waals surface area contributed by atoms with Crippen LogP contribution < -0.4 is 5.32 Å². The molecule has 0 saturated carbocycles. The summed E-state index contributed by atoms with van der Waals surface area (Å²) < 4.78 is 0. The first-order valence-corrected chi connectivity index (χ1v) is 9.59. The van der Waals surface area contributed by atoms with Crippen molar-refractivity contribution < 1.29 is 4.79 Å². The summed E-state index contributed by atoms with van der Waals surface area (Å²) in [6, 6.07) is 18.2. The number of hydrogen-bond donors (Lipinski definition) is 1. The molecule has 1 amide bonds. The molecule has 2 heterocycles. The second kappa shape index (κ2) is 8.31. The molecule has 0 spiro atoms. The average molecular weight is 363 g/mol. The summed E-state index contributed by atoms with van der Waals surface area (Å²) in [6.07, 6.45) is 2.34. The van der Waals surface area contributed by atoms with E-state index in [4.69, 9.17) is 0 Å². The first kappa shape index (κ1) is 17.7. The molecule has 6 heteroatoms. The minimum atomic E-state index is -0.0320. The smallest absolute Gasteiger partial charge is 0.243 e. The summed E-state index contributed by atoms with van der Waals surface area (Å²) in [6.45, 7) is 4.01. The van der Waals surface area contributed by atoms with Gasteiger partial charge >= 0.3 is 0 Å². The number of hydrogen-bond acceptors (Lipinski definition) is 4. The number of carbonyl (C=O) groups is 1. The summed E-state index contributed by atoms with van der Waals surface area (Å²) in [5.74, 6) is 0.464. The van der Waals surface area contributed by atoms with E-state index < -0.39 is 0 Å². The Morgan fingerprint density at radius 2 is 1.74 bits per heavy atom. The summed E-state index contributed by atoms with van der Waals surface area (Å²) in [7, 11) is 0. The molecule has 1 atom stereocenters. The van der Waals surface area contributed by atoms with Gasteiger partial charge in [-0.15, -0.1) is 0 Å². The van der Waals surface area contributed by atoms with E-state index in [0.29, 0.717) is 12.5 Å². The maximum Gasteiger partial charge on any atom is 0.243 e. The molecule has 1 aromatic heterocycles. The number of nitrogens with zero attached hydrogens (tertiary/aromatic N) is 4. The van der Waals surface area contributed by atoms with E-state index in [1.165, 1.54) is 16.8 Å². The lowest BCUT2D eigenvalue weighted by molar-refractivity contribution is -0.122. The summed E-state index contributed by atoms with van der Waals surface area (Å²) in [5, 5.41) is 11.7. The quantitative estimate of drug-likeness (QED) is 0.731. The third kappa shape index (κ3) is 4.71. The zero-order valence-electron chi connectivity index (χ0n) is 15.4. The van der Waals surface area contributed by atoms with Gasteiger partial charge in [0.25, 0.3) is 0 Å². The van der Waals surface area contributed by atoms with Crippen LogP contribution in [0, 0.1) is 5.92 Å². The van der Waals surface area contributed by atoms with E-state index >= 15 is 0 Å². The lowest BCUT2D eigenvalue weighted by Crippen LogP contribution is -2.41. The van der Waals surface area contributed by atoms with E-state index in [2.05, 4.69) is 50.7 Å². The highest BCUT2D eigenvalue weighted by molar-refractivity contribution is 5.77. The van der Waals surface area contributed by atoms with Gasteiger partial charge in [0.15, 0.2) is 0 Å². The highest BCUT2D eigenvalue weighted by atomic mass is 16.2. The molecule has 1 aliphatic heterocycles. The molecule has 1 aliphatic rings. The Balaban J connectivity index is 1.25. The number of fused-ring (bicyclic) bond motifs is 1. The molecule has 0 unspecified atom stereocenters. The van der Waals surface area contributed by atoms with Crippen LogP contribution in [0.5, 0.6) is 0 Å². The van der Waals surface area contributed by atoms with Crippen LogP contribution in [0.2, 0.25) is 0 Å². The van der Waals surface area contributed by atoms with E-state index in [1.54, 1.807) is 0 Å². The Morgan fingerprint density at radius 3 is 2.48 bits per heavy atom. The molecule has 1 saturated heterocycles. The van der Waals surface area contributed by atoms with Crippen LogP contribution in [0.15, 0.2) is 54.6 Å². The molecule has 3 aromatic rings. The summed E-state index contributed by atoms with van der Waals surface area (Å²) >= 11 is 0. The Kier molecular flexibility index (Phi) is 5.44. The minimum absolute atomic E-state index is 0.0320. The fraction of sp³-hybridized carbons (Fsp3) is 0.381. The normalized spacial score (nSPS) is 17.9. The van der Waals surface area contributed by atoms with Crippen molar-refractivity contribution in [3.8, 4) is 0 Å². The van der Waals surface area contributed by atoms with Gasteiger partial charge in [0, 0.05) is 19.6 Å². The van der Waals surface area contributed by atoms with Crippen LogP contribution in [-0.4, -0.2) is 45.4 Å². The van der Waals surface area contributed by atoms with Gasteiger partial charge in [-0.2, -0.15) is 15.0 Å². The monoisotopic (exact) mass is 363 g/mol. The van der Waals surface area contributed by atoms with Crippen LogP contribution in [0.4, 0.5) is 0 Å². The van der Waals surface area contributed by atoms with Crippen molar-refractivity contribution in [2.24, 2.45) is 5.92 Å². The average Bonchev–Trinajstić information content (AvgIpc) is 3.10. The molecule has 2 aromatic carbocycles. The number of likely N-dealkylation sites (tertiary alicyclic amines) is 1. The molecule has 0 bridgehead atoms. The van der Waals surface area contributed by atoms with E-state index in [9.17, 15) is 4.79 Å². The topological polar surface area (TPSA) is 63.1 Å². The van der Waals surface area contributed by atoms with Gasteiger partial charge in [-0.3, -0.25) is 9.69 Å². The second-order valence-electron chi connectivity index (χ2n) is 7.25. The Hall–Kier alpha value is -2.73. The zero-order valence-corrected chi connectivity index (χ0v) is 15.4. The number of rotatable bonds is 6. The zero-order chi connectivity index (χ0) is 18.5. The summed E-state index contributed by atoms with van der Waals surface area (Å²) in [4.78, 5) is 16.2. The predicted octanol–water partition coefficient (Wildman–Crippen LogP) is 2.46. The fourth-order valence-corrected chi connectivity index (χ4v) is 3.72. The van der Waals surface area contributed by atoms with Crippen LogP contribution in [0.3, 0.4) is 0 Å². The number of piperidine rings is 1. The first-order chi connectivity index (χ1) is 13.3. The van der Waals surface area contributed by atoms with Crippen molar-refractivity contribution in [3.63, 3.8) is 0 Å². The minimum Gasteiger partial charge on any atom is -0.354 e. The van der Waals surface area contributed by atoms with Gasteiger partial charge in [0.2, 0.25) is 5.91 Å². The molecular weight excluding hydrogens is 338 g/mol. The van der Waals surface area contributed by atoms with Crippen LogP contribution in [0.1, 0.15) is 18.4 Å². The van der Waals surface area contributed by atoms with Crippen LogP contribution >= 0.6 is 0 Å². The molecule has 140 valence electrons. The van der Waals surface area contributed by atoms with Crippen molar-refractivity contribution in [1.29, 1.82) is 0 Å². The Morgan fingerprint density at radius 1 is 1.04 bits per heavy atom. The van der Waals surface area contributed by atoms with Crippen LogP contribution in [0.25, 0.3) is 11.0 Å². The van der Waals surface area contributed by atoms with Gasteiger partial charge in [0.05, 0.1) is 0 Å². The van der Waals surface area contributed by atoms with E-state index in [1.807, 2.05) is 24.3 Å². The largest absolute Gasteiger partial charge is 0.354 e. The van der Waals surface area contributed by atoms with Gasteiger partial charge < -0.3 is 5.32 Å². The van der Waals surface area contributed by atoms with E-state index in [-0.39, 0.29) is 12.5 Å². The first-order valence-electron chi connectivity index (χ1n) is 9.59. The Labute approximate surface area is 159 Å². The van der Waals surface area contributed by atoms with Crippen molar-refractivity contribution in [1.82, 2.24) is 25.2 Å². The van der Waals surface area contributed by atoms with Gasteiger partial charge in [-0.25, -0.2) is 0 Å². The van der Waals surface area contributed by atoms with E-state index in [0.717, 1.165) is 37.1 Å². The molecule has 4 rings (SSSR count). The van der Waals surface area contributed by atoms with Gasteiger partial charge in [-0.1, -0.05) is 42.5 Å². The highest BCUT2D eigenvalue weighted by Crippen LogP contribution is 2.18. The second-order valence-corrected chi connectivity index (χ2v) is 7.25. The summed E-state index contributed by atoms with van der Waals surface area (Å²) in [5.41, 5.74) is 2.97. The Bertz CT molecular complexity index is 859. The standard InChI is InChI=1S/C21H25N5O/c27-21(16-26-23-19-10-4-5-11-20(19)24-26)22-13-18-9-6-12-25(15-18)14-17-7-2-1-3-8-17/h1-5,7-8,10-11,18H,6,9,12-16H2,(H,22,27)/t18-/m0/s1. The van der Waals surface area contributed by atoms with Gasteiger partial charge in [0.1, 0.15) is 17.6 Å². The lowest BCUT2D eigenvalue weighted by atomic mass is 9.97. The lowest BCUT2D eigenvalue weighted by Gasteiger charge is -2.32. The maximum atomic E-state index is 12.3. The molecule has 1 fully saturated rings.